The lowest BCUT2D eigenvalue weighted by atomic mass is 10.2. The number of aliphatic hydroxyl groups is 1. The summed E-state index contributed by atoms with van der Waals surface area (Å²) in [7, 11) is 0. The molecule has 0 aliphatic heterocycles. The van der Waals surface area contributed by atoms with E-state index in [2.05, 4.69) is 0 Å². The summed E-state index contributed by atoms with van der Waals surface area (Å²) in [5.74, 6) is 1.25. The molecule has 1 heterocycles. The van der Waals surface area contributed by atoms with Crippen molar-refractivity contribution in [3.63, 3.8) is 0 Å². The Morgan fingerprint density at radius 2 is 1.66 bits per heavy atom. The smallest absolute Gasteiger partial charge is 0.138 e. The number of nitrogens with zero attached hydrogens (tertiary/aromatic N) is 1. The number of aliphatic hydroxyl groups excluding tert-OH is 1. The zero-order valence-corrected chi connectivity index (χ0v) is 18.3. The van der Waals surface area contributed by atoms with Crippen LogP contribution in [0.2, 0.25) is 20.1 Å². The minimum atomic E-state index is -0.761. The molecule has 1 N–H and O–H groups in total. The maximum Gasteiger partial charge on any atom is 0.138 e. The van der Waals surface area contributed by atoms with Gasteiger partial charge in [0.25, 0.3) is 0 Å². The van der Waals surface area contributed by atoms with Gasteiger partial charge in [-0.3, -0.25) is 4.90 Å². The molecule has 0 saturated carbocycles. The highest BCUT2D eigenvalue weighted by atomic mass is 35.5. The highest BCUT2D eigenvalue weighted by molar-refractivity contribution is 6.35. The molecule has 1 atom stereocenters. The lowest BCUT2D eigenvalue weighted by molar-refractivity contribution is 0.0605. The van der Waals surface area contributed by atoms with E-state index in [0.717, 1.165) is 11.3 Å². The molecule has 0 aliphatic carbocycles. The van der Waals surface area contributed by atoms with Gasteiger partial charge < -0.3 is 14.3 Å². The fourth-order valence-electron chi connectivity index (χ4n) is 2.83. The fourth-order valence-corrected chi connectivity index (χ4v) is 3.76. The Hall–Kier alpha value is -1.40. The van der Waals surface area contributed by atoms with Gasteiger partial charge in [-0.15, -0.1) is 0 Å². The first kappa shape index (κ1) is 22.3. The van der Waals surface area contributed by atoms with Gasteiger partial charge >= 0.3 is 0 Å². The number of ether oxygens (including phenoxy) is 1. The summed E-state index contributed by atoms with van der Waals surface area (Å²) >= 11 is 24.3. The number of rotatable bonds is 9. The molecule has 154 valence electrons. The lowest BCUT2D eigenvalue weighted by Gasteiger charge is -2.25. The van der Waals surface area contributed by atoms with Gasteiger partial charge in [-0.25, -0.2) is 0 Å². The van der Waals surface area contributed by atoms with Crippen molar-refractivity contribution in [1.29, 1.82) is 0 Å². The van der Waals surface area contributed by atoms with Crippen LogP contribution in [0.25, 0.3) is 0 Å². The Kier molecular flexibility index (Phi) is 8.13. The maximum absolute atomic E-state index is 10.5. The summed E-state index contributed by atoms with van der Waals surface area (Å²) in [6.07, 6.45) is 0.855. The topological polar surface area (TPSA) is 45.8 Å². The Labute approximate surface area is 189 Å². The van der Waals surface area contributed by atoms with Gasteiger partial charge in [0.05, 0.1) is 17.8 Å². The molecule has 1 aromatic heterocycles. The van der Waals surface area contributed by atoms with E-state index >= 15 is 0 Å². The molecule has 0 spiro atoms. The van der Waals surface area contributed by atoms with Crippen LogP contribution in [0.3, 0.4) is 0 Å². The fraction of sp³-hybridized carbons (Fsp3) is 0.238. The number of halogens is 4. The second-order valence-corrected chi connectivity index (χ2v) is 8.21. The summed E-state index contributed by atoms with van der Waals surface area (Å²) in [6, 6.07) is 14.0. The second kappa shape index (κ2) is 10.6. The molecule has 0 aliphatic rings. The highest BCUT2D eigenvalue weighted by Crippen LogP contribution is 2.28. The van der Waals surface area contributed by atoms with E-state index in [4.69, 9.17) is 55.6 Å². The molecule has 4 nitrogen and oxygen atoms in total. The van der Waals surface area contributed by atoms with E-state index in [0.29, 0.717) is 45.5 Å². The molecule has 8 heteroatoms. The van der Waals surface area contributed by atoms with Crippen LogP contribution in [0.15, 0.2) is 59.2 Å². The van der Waals surface area contributed by atoms with Gasteiger partial charge in [0.15, 0.2) is 0 Å². The number of hydrogen-bond acceptors (Lipinski definition) is 4. The average Bonchev–Trinajstić information content (AvgIpc) is 3.16. The molecule has 3 aromatic rings. The SMILES string of the molecule is OC(COc1ccc(Cl)cc1Cl)CN(Cc1ccco1)Cc1ccc(Cl)cc1Cl. The van der Waals surface area contributed by atoms with Gasteiger partial charge in [-0.05, 0) is 48.0 Å². The Bertz CT molecular complexity index is 934. The van der Waals surface area contributed by atoms with E-state index in [-0.39, 0.29) is 6.61 Å². The molecule has 29 heavy (non-hydrogen) atoms. The van der Waals surface area contributed by atoms with Gasteiger partial charge in [0.1, 0.15) is 24.2 Å². The normalized spacial score (nSPS) is 12.3. The first-order chi connectivity index (χ1) is 13.9. The Balaban J connectivity index is 1.65. The van der Waals surface area contributed by atoms with Crippen LogP contribution in [-0.2, 0) is 13.1 Å². The summed E-state index contributed by atoms with van der Waals surface area (Å²) in [5, 5.41) is 12.6. The van der Waals surface area contributed by atoms with Crippen LogP contribution in [0.5, 0.6) is 5.75 Å². The molecular weight excluding hydrogens is 456 g/mol. The standard InChI is InChI=1S/C21H19Cl4NO3/c22-15-4-3-14(19(24)8-15)10-26(12-18-2-1-7-28-18)11-17(27)13-29-21-6-5-16(23)9-20(21)25/h1-9,17,27H,10-13H2. The lowest BCUT2D eigenvalue weighted by Crippen LogP contribution is -2.35. The zero-order chi connectivity index (χ0) is 20.8. The summed E-state index contributed by atoms with van der Waals surface area (Å²) in [4.78, 5) is 2.02. The van der Waals surface area contributed by atoms with E-state index < -0.39 is 6.10 Å². The molecule has 0 amide bonds. The van der Waals surface area contributed by atoms with E-state index in [1.54, 1.807) is 36.6 Å². The molecule has 2 aromatic carbocycles. The van der Waals surface area contributed by atoms with E-state index in [1.807, 2.05) is 23.1 Å². The van der Waals surface area contributed by atoms with Crippen LogP contribution in [-0.4, -0.2) is 29.3 Å². The predicted molar refractivity (Wildman–Crippen MR) is 117 cm³/mol. The Morgan fingerprint density at radius 1 is 0.931 bits per heavy atom. The van der Waals surface area contributed by atoms with Crippen LogP contribution in [0, 0.1) is 0 Å². The average molecular weight is 475 g/mol. The highest BCUT2D eigenvalue weighted by Gasteiger charge is 2.17. The summed E-state index contributed by atoms with van der Waals surface area (Å²) < 4.78 is 11.1. The van der Waals surface area contributed by atoms with Gasteiger partial charge in [0.2, 0.25) is 0 Å². The van der Waals surface area contributed by atoms with Crippen molar-refractivity contribution >= 4 is 46.4 Å². The van der Waals surface area contributed by atoms with Crippen LogP contribution >= 0.6 is 46.4 Å². The molecular formula is C21H19Cl4NO3. The van der Waals surface area contributed by atoms with Gasteiger partial charge in [0, 0.05) is 28.2 Å². The second-order valence-electron chi connectivity index (χ2n) is 6.52. The molecule has 1 unspecified atom stereocenters. The zero-order valence-electron chi connectivity index (χ0n) is 15.3. The van der Waals surface area contributed by atoms with Crippen molar-refractivity contribution < 1.29 is 14.3 Å². The minimum absolute atomic E-state index is 0.0738. The minimum Gasteiger partial charge on any atom is -0.489 e. The number of benzene rings is 2. The van der Waals surface area contributed by atoms with Crippen molar-refractivity contribution in [3.05, 3.63) is 86.2 Å². The van der Waals surface area contributed by atoms with Crippen molar-refractivity contribution in [2.24, 2.45) is 0 Å². The third-order valence-electron chi connectivity index (χ3n) is 4.16. The summed E-state index contributed by atoms with van der Waals surface area (Å²) in [6.45, 7) is 1.43. The number of hydrogen-bond donors (Lipinski definition) is 1. The van der Waals surface area contributed by atoms with Crippen LogP contribution in [0.1, 0.15) is 11.3 Å². The molecule has 3 rings (SSSR count). The number of furan rings is 1. The van der Waals surface area contributed by atoms with Crippen molar-refractivity contribution in [1.82, 2.24) is 4.90 Å². The molecule has 0 fully saturated rings. The van der Waals surface area contributed by atoms with E-state index in [1.165, 1.54) is 0 Å². The molecule has 0 saturated heterocycles. The van der Waals surface area contributed by atoms with Gasteiger partial charge in [-0.1, -0.05) is 52.5 Å². The van der Waals surface area contributed by atoms with Crippen molar-refractivity contribution in [3.8, 4) is 5.75 Å². The molecule has 0 bridgehead atoms. The van der Waals surface area contributed by atoms with Crippen LogP contribution < -0.4 is 4.74 Å². The third-order valence-corrected chi connectivity index (χ3v) is 5.28. The monoisotopic (exact) mass is 473 g/mol. The van der Waals surface area contributed by atoms with Crippen molar-refractivity contribution in [2.45, 2.75) is 19.2 Å². The summed E-state index contributed by atoms with van der Waals surface area (Å²) in [5.41, 5.74) is 0.900. The first-order valence-corrected chi connectivity index (χ1v) is 10.4. The van der Waals surface area contributed by atoms with E-state index in [9.17, 15) is 5.11 Å². The van der Waals surface area contributed by atoms with Crippen LogP contribution in [0.4, 0.5) is 0 Å². The molecule has 0 radical (unpaired) electrons. The predicted octanol–water partition coefficient (Wildman–Crippen LogP) is 6.34. The first-order valence-electron chi connectivity index (χ1n) is 8.85. The van der Waals surface area contributed by atoms with Crippen molar-refractivity contribution in [2.75, 3.05) is 13.2 Å². The quantitative estimate of drug-likeness (QED) is 0.393. The largest absolute Gasteiger partial charge is 0.489 e. The van der Waals surface area contributed by atoms with Gasteiger partial charge in [-0.2, -0.15) is 0 Å². The maximum atomic E-state index is 10.5. The third kappa shape index (κ3) is 6.82. The Morgan fingerprint density at radius 3 is 2.31 bits per heavy atom.